The summed E-state index contributed by atoms with van der Waals surface area (Å²) >= 11 is 0. The van der Waals surface area contributed by atoms with E-state index in [2.05, 4.69) is 5.32 Å². The van der Waals surface area contributed by atoms with Crippen LogP contribution in [0.25, 0.3) is 5.32 Å². The molecule has 28 heteroatoms. The second-order valence-corrected chi connectivity index (χ2v) is 26.6. The Balaban J connectivity index is 0.00000705. The Morgan fingerprint density at radius 1 is 0.784 bits per heavy atom. The number of aliphatic hydroxyl groups excluding tert-OH is 2. The number of allylic oxidation sites excluding steroid dienone is 6. The van der Waals surface area contributed by atoms with Crippen molar-refractivity contribution < 1.29 is 88.5 Å². The zero-order valence-corrected chi connectivity index (χ0v) is 53.6. The Hall–Kier alpha value is -6.16. The molecule has 0 saturated carbocycles. The first-order valence-electron chi connectivity index (χ1n) is 29.0. The van der Waals surface area contributed by atoms with Crippen molar-refractivity contribution in [3.63, 3.8) is 0 Å². The number of carbonyl (C=O) groups is 7. The molecule has 6 heterocycles. The zero-order valence-electron chi connectivity index (χ0n) is 51.7. The molecular weight excluding hydrogens is 1200 g/mol. The summed E-state index contributed by atoms with van der Waals surface area (Å²) in [5.41, 5.74) is 33.5. The molecule has 7 rings (SSSR count). The number of benzene rings is 1. The van der Waals surface area contributed by atoms with Crippen LogP contribution in [-0.4, -0.2) is 124 Å². The summed E-state index contributed by atoms with van der Waals surface area (Å²) in [4.78, 5) is 123. The summed E-state index contributed by atoms with van der Waals surface area (Å²) in [7, 11) is -5.29. The van der Waals surface area contributed by atoms with Crippen molar-refractivity contribution in [2.75, 3.05) is 13.2 Å². The minimum Gasteiger partial charge on any atom is -0.756 e. The van der Waals surface area contributed by atoms with Gasteiger partial charge in [-0.05, 0) is 94.1 Å². The van der Waals surface area contributed by atoms with Crippen LogP contribution in [0.2, 0.25) is 0 Å². The van der Waals surface area contributed by atoms with Gasteiger partial charge in [0.1, 0.15) is 24.1 Å². The number of nitrogens with two attached hydrogens (primary N) is 6. The van der Waals surface area contributed by atoms with Gasteiger partial charge in [0.25, 0.3) is 7.82 Å². The third-order valence-corrected chi connectivity index (χ3v) is 20.1. The molecule has 88 heavy (non-hydrogen) atoms. The van der Waals surface area contributed by atoms with E-state index in [1.54, 1.807) is 44.2 Å². The summed E-state index contributed by atoms with van der Waals surface area (Å²) in [6.07, 6.45) is -6.55. The van der Waals surface area contributed by atoms with Crippen molar-refractivity contribution >= 4 is 66.3 Å². The maximum atomic E-state index is 14.2. The van der Waals surface area contributed by atoms with Gasteiger partial charge in [0.2, 0.25) is 47.6 Å². The monoisotopic (exact) mass is 1290 g/mol. The van der Waals surface area contributed by atoms with Crippen LogP contribution >= 0.6 is 7.82 Å². The van der Waals surface area contributed by atoms with Crippen LogP contribution in [0.3, 0.4) is 0 Å². The number of phosphoric ester groups is 1. The number of carbonyl (C=O) groups excluding carboxylic acids is 7. The van der Waals surface area contributed by atoms with E-state index >= 15 is 0 Å². The number of para-hydroxylation sites is 1. The predicted molar refractivity (Wildman–Crippen MR) is 321 cm³/mol. The number of rotatable bonds is 27. The van der Waals surface area contributed by atoms with E-state index in [1.807, 2.05) is 47.6 Å². The standard InChI is InChI=1S/C59H86N11O15P.CH3.Co/c1-29(84-86(80,81)85-50-38(28-71)83-54(49(50)79)82-32-13-11-10-12-14-32)27-66-46(78)21-22-56(6)36(23-43(63)75)53-59(9)58(8,26-45(65)77)35(17-20-42(62)74)48(70-59)31(3)52-57(7,25-44(64)76)33(15-18-40(60)72)37(67-52)24-39-55(4,5)34(16-19-41(61)73)47(68-39)30(2)51(56)69-53;;/h10-14,24,29,33-36,38,49-50,53-54,71,79H,15-23,25-28H2,1-9H3,(H15,60,61,62,63,64,65,66,67,68,69,70,72,73,74,75,76,77,78,80,81);1H3;/q;-1;/p-2/t29-,33-,34-,35-,36+,38-,49-,50-,53-,54+,56-,57+,58+,59+;;/m1../s1. The molecule has 1 unspecified atom stereocenters. The van der Waals surface area contributed by atoms with Crippen molar-refractivity contribution in [3.8, 4) is 5.75 Å². The van der Waals surface area contributed by atoms with Gasteiger partial charge < -0.3 is 86.1 Å². The average Bonchev–Trinajstić information content (AvgIpc) is 1.58. The van der Waals surface area contributed by atoms with E-state index in [4.69, 9.17) is 73.2 Å². The predicted octanol–water partition coefficient (Wildman–Crippen LogP) is 3.00. The minimum atomic E-state index is -5.29. The maximum absolute atomic E-state index is 14.2. The summed E-state index contributed by atoms with van der Waals surface area (Å²) < 4.78 is 35.1. The van der Waals surface area contributed by atoms with Gasteiger partial charge >= 0.3 is 0 Å². The first-order valence-corrected chi connectivity index (χ1v) is 30.4. The first kappa shape index (κ1) is 72.6. The van der Waals surface area contributed by atoms with Crippen molar-refractivity contribution in [1.82, 2.24) is 5.32 Å². The fraction of sp³-hybridized carbons (Fsp3) is 0.617. The largest absolute Gasteiger partial charge is 0.756 e. The van der Waals surface area contributed by atoms with Gasteiger partial charge in [-0.1, -0.05) is 58.9 Å². The number of hydrogen-bond donors (Lipinski definition) is 9. The number of aliphatic hydroxyl groups is 2. The number of ether oxygens (including phenoxy) is 2. The second-order valence-electron chi connectivity index (χ2n) is 25.3. The number of fused-ring (bicyclic) bond motifs is 6. The maximum Gasteiger partial charge on any atom is 0.268 e. The Bertz CT molecular complexity index is 3140. The topological polar surface area (TPSA) is 456 Å². The summed E-state index contributed by atoms with van der Waals surface area (Å²) in [6.45, 7) is 15.1. The van der Waals surface area contributed by atoms with Crippen LogP contribution in [0, 0.1) is 52.8 Å². The van der Waals surface area contributed by atoms with Gasteiger partial charge in [-0.2, -0.15) is 5.70 Å². The number of amides is 7. The molecule has 7 amide bonds. The number of hydrogen-bond acceptors (Lipinski definition) is 18. The van der Waals surface area contributed by atoms with E-state index in [0.29, 0.717) is 51.1 Å². The Morgan fingerprint density at radius 2 is 1.36 bits per heavy atom. The van der Waals surface area contributed by atoms with Crippen molar-refractivity contribution in [1.29, 1.82) is 0 Å². The smallest absolute Gasteiger partial charge is 0.268 e. The molecule has 0 aliphatic carbocycles. The first-order chi connectivity index (χ1) is 40.0. The fourth-order valence-electron chi connectivity index (χ4n) is 14.3. The van der Waals surface area contributed by atoms with Crippen LogP contribution in [0.1, 0.15) is 133 Å². The number of primary amides is 6. The zero-order chi connectivity index (χ0) is 63.8. The SMILES string of the molecule is C/C1=C2/[N-][C@H]([C@H](CC(N)=O)[C@@]2(C)CCC(=O)NC[C@@H](C)OP(=O)([O-])O[C@H]2[C@@H](O)[C@@H](Oc3ccccc3)O[C@@H]2CO)[C@]2(C)N=C(/C(C)=C3N=C(/C=C4N=C1[C@@H](CCC(N)=O)C\4(C)C)[C@@H](CCC(N)=O)[C@]\3(C)CC(N)=O)[C@@H](CCC(N)=O)[C@]2(C)CC(N)=O.[CH3-].[Co]. The molecule has 6 aliphatic heterocycles. The molecule has 2 fully saturated rings. The van der Waals surface area contributed by atoms with Gasteiger partial charge in [-0.25, -0.2) is 0 Å². The van der Waals surface area contributed by atoms with E-state index in [9.17, 15) is 53.2 Å². The Kier molecular flexibility index (Phi) is 23.0. The summed E-state index contributed by atoms with van der Waals surface area (Å²) in [5.74, 6) is -7.11. The minimum absolute atomic E-state index is 0. The van der Waals surface area contributed by atoms with E-state index < -0.39 is 143 Å². The Labute approximate surface area is 524 Å². The normalized spacial score (nSPS) is 34.3. The quantitative estimate of drug-likeness (QED) is 0.0452. The van der Waals surface area contributed by atoms with Gasteiger partial charge in [0.15, 0.2) is 0 Å². The van der Waals surface area contributed by atoms with Gasteiger partial charge in [0, 0.05) is 125 Å². The van der Waals surface area contributed by atoms with Gasteiger partial charge in [0.05, 0.1) is 23.9 Å². The molecule has 2 saturated heterocycles. The molecule has 489 valence electrons. The molecule has 15 N–H and O–H groups in total. The van der Waals surface area contributed by atoms with Crippen molar-refractivity contribution in [2.45, 2.75) is 175 Å². The average molecular weight is 1290 g/mol. The third kappa shape index (κ3) is 14.7. The van der Waals surface area contributed by atoms with Crippen LogP contribution in [0.4, 0.5) is 0 Å². The van der Waals surface area contributed by atoms with Crippen LogP contribution in [-0.2, 0) is 68.7 Å². The van der Waals surface area contributed by atoms with Gasteiger partial charge in [-0.3, -0.25) is 53.1 Å². The Morgan fingerprint density at radius 3 is 1.92 bits per heavy atom. The van der Waals surface area contributed by atoms with Crippen LogP contribution < -0.4 is 49.3 Å². The molecule has 15 atom stereocenters. The molecule has 26 nitrogen and oxygen atoms in total. The van der Waals surface area contributed by atoms with E-state index in [1.165, 1.54) is 6.92 Å². The molecule has 1 aromatic carbocycles. The molecule has 0 aromatic heterocycles. The second kappa shape index (κ2) is 27.9. The molecule has 6 aliphatic rings. The summed E-state index contributed by atoms with van der Waals surface area (Å²) in [6, 6.07) is 7.21. The van der Waals surface area contributed by atoms with E-state index in [0.717, 1.165) is 0 Å². The number of nitrogens with zero attached hydrogens (tertiary/aromatic N) is 4. The molecule has 1 aromatic rings. The summed E-state index contributed by atoms with van der Waals surface area (Å²) in [5, 5.41) is 29.4. The van der Waals surface area contributed by atoms with E-state index in [-0.39, 0.29) is 101 Å². The number of phosphoric acid groups is 1. The van der Waals surface area contributed by atoms with Crippen LogP contribution in [0.15, 0.2) is 79.6 Å². The molecule has 0 spiro atoms. The third-order valence-electron chi connectivity index (χ3n) is 19.0. The van der Waals surface area contributed by atoms with Crippen LogP contribution in [0.5, 0.6) is 5.75 Å². The number of nitrogens with one attached hydrogen (secondary N) is 1. The molecule has 1 radical (unpaired) electrons. The fourth-order valence-corrected chi connectivity index (χ4v) is 15.4. The molecule has 8 bridgehead atoms. The van der Waals surface area contributed by atoms with Crippen molar-refractivity contribution in [2.24, 2.45) is 94.7 Å². The molecular formula is C60H87CoN11O15P-3. The number of aliphatic imine (C=N–C) groups is 3. The van der Waals surface area contributed by atoms with Crippen molar-refractivity contribution in [3.05, 3.63) is 77.4 Å². The van der Waals surface area contributed by atoms with Gasteiger partial charge in [-0.15, -0.1) is 0 Å².